The second-order valence-corrected chi connectivity index (χ2v) is 11.8. The highest BCUT2D eigenvalue weighted by molar-refractivity contribution is 6.43. The Morgan fingerprint density at radius 1 is 1.07 bits per heavy atom. The molecular weight excluding hydrogens is 532 g/mol. The number of Topliss-reactive ketones (excluding diaryl/α,β-unsaturated/α-hetero) is 2. The fourth-order valence-corrected chi connectivity index (χ4v) is 7.08. The Hall–Kier alpha value is -3.88. The molecule has 42 heavy (non-hydrogen) atoms. The van der Waals surface area contributed by atoms with Crippen molar-refractivity contribution in [2.75, 3.05) is 0 Å². The van der Waals surface area contributed by atoms with Gasteiger partial charge in [-0.2, -0.15) is 0 Å². The molecule has 1 fully saturated rings. The number of carbonyl (C=O) groups excluding carboxylic acids is 2. The van der Waals surface area contributed by atoms with Crippen molar-refractivity contribution >= 4 is 30.3 Å². The molecule has 0 saturated carbocycles. The Bertz CT molecular complexity index is 1600. The average Bonchev–Trinajstić information content (AvgIpc) is 2.99. The van der Waals surface area contributed by atoms with E-state index in [4.69, 9.17) is 4.65 Å². The number of fused-ring (bicyclic) bond motifs is 4. The van der Waals surface area contributed by atoms with Gasteiger partial charge in [0.1, 0.15) is 0 Å². The van der Waals surface area contributed by atoms with E-state index in [1.54, 1.807) is 36.5 Å². The lowest BCUT2D eigenvalue weighted by Gasteiger charge is -2.48. The molecule has 4 atom stereocenters. The quantitative estimate of drug-likeness (QED) is 0.265. The second-order valence-electron chi connectivity index (χ2n) is 11.8. The lowest BCUT2D eigenvalue weighted by molar-refractivity contribution is 0.0594. The van der Waals surface area contributed by atoms with E-state index in [0.29, 0.717) is 36.0 Å². The maximum Gasteiger partial charge on any atom is 0.455 e. The predicted molar refractivity (Wildman–Crippen MR) is 159 cm³/mol. The van der Waals surface area contributed by atoms with Gasteiger partial charge in [-0.25, -0.2) is 4.39 Å². The third-order valence-corrected chi connectivity index (χ3v) is 8.98. The van der Waals surface area contributed by atoms with Crippen LogP contribution in [0.15, 0.2) is 78.0 Å². The molecule has 3 aromatic rings. The summed E-state index contributed by atoms with van der Waals surface area (Å²) in [5.74, 6) is -2.28. The minimum Gasteiger partial charge on any atom is -0.505 e. The number of aromatic nitrogens is 1. The van der Waals surface area contributed by atoms with Crippen LogP contribution < -0.4 is 0 Å². The number of aromatic hydroxyl groups is 1. The zero-order valence-electron chi connectivity index (χ0n) is 23.7. The maximum absolute atomic E-state index is 14.1. The highest BCUT2D eigenvalue weighted by Gasteiger charge is 2.53. The number of pyridine rings is 1. The van der Waals surface area contributed by atoms with Gasteiger partial charge in [-0.3, -0.25) is 14.6 Å². The van der Waals surface area contributed by atoms with Crippen molar-refractivity contribution in [1.29, 1.82) is 0 Å². The van der Waals surface area contributed by atoms with Crippen molar-refractivity contribution < 1.29 is 28.8 Å². The zero-order chi connectivity index (χ0) is 29.5. The summed E-state index contributed by atoms with van der Waals surface area (Å²) in [6, 6.07) is 16.9. The van der Waals surface area contributed by atoms with Crippen molar-refractivity contribution in [2.24, 2.45) is 23.7 Å². The Kier molecular flexibility index (Phi) is 7.68. The first-order valence-corrected chi connectivity index (χ1v) is 14.6. The lowest BCUT2D eigenvalue weighted by atomic mass is 9.53. The number of nitrogens with zero attached hydrogens (tertiary/aromatic N) is 1. The molecule has 0 spiro atoms. The first-order valence-electron chi connectivity index (χ1n) is 14.6. The van der Waals surface area contributed by atoms with E-state index in [1.807, 2.05) is 24.3 Å². The number of hydrogen-bond acceptors (Lipinski definition) is 6. The smallest absolute Gasteiger partial charge is 0.455 e. The summed E-state index contributed by atoms with van der Waals surface area (Å²) < 4.78 is 20.3. The number of hydrogen-bond donors (Lipinski definition) is 2. The number of rotatable bonds is 6. The minimum atomic E-state index is -1.07. The SMILES string of the molecule is CC(C)C1=C2[C@@H](CC/C(=C/c3ccc(O)c(F)c3)c3ccccn3)OB(O)C[C@@H]2[C@@H]2C(=O)c3ccccc3C(=O)[C@@H]2C1. The fraction of sp³-hybridized carbons (Fsp3) is 0.324. The molecule has 2 aromatic carbocycles. The highest BCUT2D eigenvalue weighted by atomic mass is 19.1. The van der Waals surface area contributed by atoms with E-state index < -0.39 is 36.6 Å². The van der Waals surface area contributed by atoms with E-state index in [2.05, 4.69) is 18.8 Å². The molecular formula is C34H33BFNO5. The first kappa shape index (κ1) is 28.3. The van der Waals surface area contributed by atoms with Crippen LogP contribution in [0.4, 0.5) is 4.39 Å². The lowest BCUT2D eigenvalue weighted by Crippen LogP contribution is -2.51. The van der Waals surface area contributed by atoms with Gasteiger partial charge in [0, 0.05) is 29.2 Å². The van der Waals surface area contributed by atoms with E-state index in [9.17, 15) is 24.1 Å². The summed E-state index contributed by atoms with van der Waals surface area (Å²) in [6.07, 6.45) is 4.85. The molecule has 1 saturated heterocycles. The predicted octanol–water partition coefficient (Wildman–Crippen LogP) is 6.41. The van der Waals surface area contributed by atoms with E-state index in [1.165, 1.54) is 12.1 Å². The molecule has 0 radical (unpaired) electrons. The van der Waals surface area contributed by atoms with Crippen molar-refractivity contribution in [3.63, 3.8) is 0 Å². The second kappa shape index (κ2) is 11.4. The van der Waals surface area contributed by atoms with Crippen LogP contribution in [0.2, 0.25) is 6.32 Å². The molecule has 3 aliphatic rings. The zero-order valence-corrected chi connectivity index (χ0v) is 23.7. The average molecular weight is 565 g/mol. The van der Waals surface area contributed by atoms with Gasteiger partial charge in [0.25, 0.3) is 0 Å². The van der Waals surface area contributed by atoms with Crippen molar-refractivity contribution in [3.05, 3.63) is 106 Å². The van der Waals surface area contributed by atoms with E-state index in [0.717, 1.165) is 22.4 Å². The molecule has 214 valence electrons. The first-order chi connectivity index (χ1) is 20.2. The van der Waals surface area contributed by atoms with Gasteiger partial charge < -0.3 is 14.8 Å². The topological polar surface area (TPSA) is 96.7 Å². The van der Waals surface area contributed by atoms with E-state index in [-0.39, 0.29) is 29.7 Å². The molecule has 1 aliphatic heterocycles. The van der Waals surface area contributed by atoms with Crippen LogP contribution in [0, 0.1) is 29.5 Å². The molecule has 2 N–H and O–H groups in total. The van der Waals surface area contributed by atoms with Crippen molar-refractivity contribution in [2.45, 2.75) is 45.5 Å². The summed E-state index contributed by atoms with van der Waals surface area (Å²) >= 11 is 0. The summed E-state index contributed by atoms with van der Waals surface area (Å²) in [5.41, 5.74) is 5.28. The minimum absolute atomic E-state index is 0.00596. The van der Waals surface area contributed by atoms with Crippen LogP contribution in [0.1, 0.15) is 65.1 Å². The van der Waals surface area contributed by atoms with Gasteiger partial charge in [-0.15, -0.1) is 0 Å². The molecule has 6 nitrogen and oxygen atoms in total. The Morgan fingerprint density at radius 2 is 1.81 bits per heavy atom. The Labute approximate surface area is 245 Å². The summed E-state index contributed by atoms with van der Waals surface area (Å²) in [4.78, 5) is 32.1. The van der Waals surface area contributed by atoms with Gasteiger partial charge >= 0.3 is 7.12 Å². The van der Waals surface area contributed by atoms with Gasteiger partial charge in [0.05, 0.1) is 11.8 Å². The molecule has 0 bridgehead atoms. The van der Waals surface area contributed by atoms with Crippen molar-refractivity contribution in [1.82, 2.24) is 4.98 Å². The monoisotopic (exact) mass is 565 g/mol. The Morgan fingerprint density at radius 3 is 2.50 bits per heavy atom. The molecule has 6 rings (SSSR count). The number of benzene rings is 2. The number of ketones is 2. The number of allylic oxidation sites excluding steroid dienone is 2. The summed E-state index contributed by atoms with van der Waals surface area (Å²) in [6.45, 7) is 4.20. The largest absolute Gasteiger partial charge is 0.505 e. The summed E-state index contributed by atoms with van der Waals surface area (Å²) in [7, 11) is -1.07. The third kappa shape index (κ3) is 5.14. The van der Waals surface area contributed by atoms with Crippen LogP contribution in [0.5, 0.6) is 5.75 Å². The fourth-order valence-electron chi connectivity index (χ4n) is 7.08. The number of carbonyl (C=O) groups is 2. The van der Waals surface area contributed by atoms with Crippen LogP contribution in [0.3, 0.4) is 0 Å². The van der Waals surface area contributed by atoms with Gasteiger partial charge in [0.2, 0.25) is 0 Å². The normalized spacial score (nSPS) is 24.0. The van der Waals surface area contributed by atoms with Crippen LogP contribution in [-0.4, -0.2) is 39.9 Å². The molecule has 1 aromatic heterocycles. The number of phenols is 1. The molecule has 2 heterocycles. The standard InChI is InChI=1S/C34H33BFNO5/c1-19(2)24-17-25-32(34(40)23-8-4-3-7-22(23)33(25)39)26-18-35(41)42-30(31(24)26)13-11-21(28-9-5-6-14-37-28)15-20-10-12-29(38)27(36)16-20/h3-10,12,14-16,19,25-26,30,32,38,41H,11,13,17-18H2,1-2H3/b21-15-/t25-,26+,30-,32-/m1/s1. The summed E-state index contributed by atoms with van der Waals surface area (Å²) in [5, 5.41) is 20.6. The maximum atomic E-state index is 14.1. The van der Waals surface area contributed by atoms with Crippen molar-refractivity contribution in [3.8, 4) is 5.75 Å². The van der Waals surface area contributed by atoms with Gasteiger partial charge in [0.15, 0.2) is 23.1 Å². The van der Waals surface area contributed by atoms with Gasteiger partial charge in [-0.1, -0.05) is 55.8 Å². The van der Waals surface area contributed by atoms with Crippen LogP contribution >= 0.6 is 0 Å². The van der Waals surface area contributed by atoms with E-state index >= 15 is 0 Å². The molecule has 0 unspecified atom stereocenters. The number of halogens is 1. The van der Waals surface area contributed by atoms with Gasteiger partial charge in [-0.05, 0) is 84.5 Å². The molecule has 8 heteroatoms. The molecule has 0 amide bonds. The third-order valence-electron chi connectivity index (χ3n) is 8.98. The number of phenolic OH excluding ortho intramolecular Hbond substituents is 1. The highest BCUT2D eigenvalue weighted by Crippen LogP contribution is 2.52. The van der Waals surface area contributed by atoms with Crippen LogP contribution in [0.25, 0.3) is 11.6 Å². The molecule has 2 aliphatic carbocycles. The van der Waals surface area contributed by atoms with Crippen LogP contribution in [-0.2, 0) is 4.65 Å². The Balaban J connectivity index is 1.37.